The number of amides is 1. The molecule has 2 rings (SSSR count). The van der Waals surface area contributed by atoms with Gasteiger partial charge in [0.2, 0.25) is 0 Å². The molecule has 0 saturated carbocycles. The van der Waals surface area contributed by atoms with Gasteiger partial charge in [-0.25, -0.2) is 4.39 Å². The SMILES string of the molecule is COC(=O)CCC1Oc2cc(F)c(Br)cc2NC1=O. The van der Waals surface area contributed by atoms with Crippen molar-refractivity contribution in [3.05, 3.63) is 22.4 Å². The number of ether oxygens (including phenoxy) is 2. The van der Waals surface area contributed by atoms with Gasteiger partial charge in [0.05, 0.1) is 17.3 Å². The van der Waals surface area contributed by atoms with E-state index >= 15 is 0 Å². The van der Waals surface area contributed by atoms with Crippen LogP contribution in [0.5, 0.6) is 5.75 Å². The molecule has 1 amide bonds. The maximum absolute atomic E-state index is 13.4. The average Bonchev–Trinajstić information content (AvgIpc) is 2.38. The van der Waals surface area contributed by atoms with E-state index in [9.17, 15) is 14.0 Å². The summed E-state index contributed by atoms with van der Waals surface area (Å²) in [6.07, 6.45) is -0.592. The third kappa shape index (κ3) is 3.04. The molecule has 102 valence electrons. The second-order valence-electron chi connectivity index (χ2n) is 3.97. The second kappa shape index (κ2) is 5.56. The van der Waals surface area contributed by atoms with Crippen molar-refractivity contribution in [3.8, 4) is 5.75 Å². The number of anilines is 1. The number of carbonyl (C=O) groups is 2. The van der Waals surface area contributed by atoms with Crippen molar-refractivity contribution in [2.24, 2.45) is 0 Å². The Morgan fingerprint density at radius 3 is 3.00 bits per heavy atom. The highest BCUT2D eigenvalue weighted by Crippen LogP contribution is 2.34. The van der Waals surface area contributed by atoms with Gasteiger partial charge in [-0.05, 0) is 22.0 Å². The molecule has 5 nitrogen and oxygen atoms in total. The predicted molar refractivity (Wildman–Crippen MR) is 68.4 cm³/mol. The molecule has 1 N–H and O–H groups in total. The van der Waals surface area contributed by atoms with Crippen molar-refractivity contribution in [2.75, 3.05) is 12.4 Å². The molecular weight excluding hydrogens is 321 g/mol. The Morgan fingerprint density at radius 1 is 1.58 bits per heavy atom. The molecule has 0 saturated heterocycles. The van der Waals surface area contributed by atoms with Gasteiger partial charge in [0, 0.05) is 18.9 Å². The van der Waals surface area contributed by atoms with Gasteiger partial charge >= 0.3 is 5.97 Å². The molecule has 1 unspecified atom stereocenters. The van der Waals surface area contributed by atoms with E-state index in [2.05, 4.69) is 26.0 Å². The lowest BCUT2D eigenvalue weighted by Crippen LogP contribution is -2.37. The van der Waals surface area contributed by atoms with Gasteiger partial charge in [-0.3, -0.25) is 9.59 Å². The molecule has 19 heavy (non-hydrogen) atoms. The van der Waals surface area contributed by atoms with Crippen molar-refractivity contribution in [3.63, 3.8) is 0 Å². The Morgan fingerprint density at radius 2 is 2.32 bits per heavy atom. The summed E-state index contributed by atoms with van der Waals surface area (Å²) >= 11 is 3.03. The number of nitrogens with one attached hydrogen (secondary N) is 1. The number of fused-ring (bicyclic) bond motifs is 1. The van der Waals surface area contributed by atoms with Crippen molar-refractivity contribution in [1.29, 1.82) is 0 Å². The van der Waals surface area contributed by atoms with Crippen LogP contribution in [0.15, 0.2) is 16.6 Å². The zero-order chi connectivity index (χ0) is 14.0. The van der Waals surface area contributed by atoms with Crippen LogP contribution in [-0.4, -0.2) is 25.1 Å². The molecule has 0 aromatic heterocycles. The fourth-order valence-electron chi connectivity index (χ4n) is 1.68. The molecule has 0 bridgehead atoms. The summed E-state index contributed by atoms with van der Waals surface area (Å²) in [6, 6.07) is 2.61. The van der Waals surface area contributed by atoms with Gasteiger partial charge in [-0.1, -0.05) is 0 Å². The maximum Gasteiger partial charge on any atom is 0.305 e. The molecular formula is C12H11BrFNO4. The normalized spacial score (nSPS) is 17.2. The first-order valence-corrected chi connectivity index (χ1v) is 6.34. The molecule has 7 heteroatoms. The van der Waals surface area contributed by atoms with E-state index in [-0.39, 0.29) is 29.0 Å². The minimum Gasteiger partial charge on any atom is -0.478 e. The summed E-state index contributed by atoms with van der Waals surface area (Å²) in [5.41, 5.74) is 0.396. The highest BCUT2D eigenvalue weighted by molar-refractivity contribution is 9.10. The fourth-order valence-corrected chi connectivity index (χ4v) is 2.03. The van der Waals surface area contributed by atoms with E-state index in [4.69, 9.17) is 4.74 Å². The molecule has 1 aliphatic heterocycles. The highest BCUT2D eigenvalue weighted by Gasteiger charge is 2.29. The van der Waals surface area contributed by atoms with Crippen LogP contribution in [0.3, 0.4) is 0 Å². The lowest BCUT2D eigenvalue weighted by Gasteiger charge is -2.25. The smallest absolute Gasteiger partial charge is 0.305 e. The number of methoxy groups -OCH3 is 1. The molecule has 1 atom stereocenters. The van der Waals surface area contributed by atoms with Gasteiger partial charge in [0.1, 0.15) is 11.6 Å². The van der Waals surface area contributed by atoms with Crippen LogP contribution in [0.1, 0.15) is 12.8 Å². The van der Waals surface area contributed by atoms with Crippen LogP contribution < -0.4 is 10.1 Å². The summed E-state index contributed by atoms with van der Waals surface area (Å²) in [4.78, 5) is 22.8. The third-order valence-corrected chi connectivity index (χ3v) is 3.29. The average molecular weight is 332 g/mol. The topological polar surface area (TPSA) is 64.6 Å². The Kier molecular flexibility index (Phi) is 4.04. The second-order valence-corrected chi connectivity index (χ2v) is 4.83. The lowest BCUT2D eigenvalue weighted by atomic mass is 10.1. The molecule has 1 aromatic carbocycles. The number of carbonyl (C=O) groups excluding carboxylic acids is 2. The summed E-state index contributed by atoms with van der Waals surface area (Å²) in [7, 11) is 1.27. The van der Waals surface area contributed by atoms with E-state index < -0.39 is 17.9 Å². The van der Waals surface area contributed by atoms with Crippen LogP contribution in [0.4, 0.5) is 10.1 Å². The van der Waals surface area contributed by atoms with Crippen LogP contribution >= 0.6 is 15.9 Å². The summed E-state index contributed by atoms with van der Waals surface area (Å²) < 4.78 is 23.5. The van der Waals surface area contributed by atoms with E-state index in [0.29, 0.717) is 5.69 Å². The maximum atomic E-state index is 13.4. The molecule has 1 aromatic rings. The first-order chi connectivity index (χ1) is 9.01. The number of benzene rings is 1. The van der Waals surface area contributed by atoms with Gasteiger partial charge in [-0.15, -0.1) is 0 Å². The number of rotatable bonds is 3. The van der Waals surface area contributed by atoms with Gasteiger partial charge < -0.3 is 14.8 Å². The Balaban J connectivity index is 2.12. The highest BCUT2D eigenvalue weighted by atomic mass is 79.9. The third-order valence-electron chi connectivity index (χ3n) is 2.68. The largest absolute Gasteiger partial charge is 0.478 e. The minimum atomic E-state index is -0.827. The number of hydrogen-bond donors (Lipinski definition) is 1. The quantitative estimate of drug-likeness (QED) is 0.863. The molecule has 0 spiro atoms. The van der Waals surface area contributed by atoms with Crippen LogP contribution in [0.25, 0.3) is 0 Å². The molecule has 0 radical (unpaired) electrons. The first kappa shape index (κ1) is 13.8. The van der Waals surface area contributed by atoms with Crippen LogP contribution in [0, 0.1) is 5.82 Å². The van der Waals surface area contributed by atoms with E-state index in [1.807, 2.05) is 0 Å². The Bertz CT molecular complexity index is 535. The van der Waals surface area contributed by atoms with Crippen molar-refractivity contribution < 1.29 is 23.5 Å². The summed E-state index contributed by atoms with van der Waals surface area (Å²) in [5.74, 6) is -1.03. The molecule has 1 aliphatic rings. The van der Waals surface area contributed by atoms with E-state index in [1.54, 1.807) is 0 Å². The van der Waals surface area contributed by atoms with Gasteiger partial charge in [0.15, 0.2) is 6.10 Å². The van der Waals surface area contributed by atoms with Crippen molar-refractivity contribution in [1.82, 2.24) is 0 Å². The Labute approximate surface area is 117 Å². The Hall–Kier alpha value is -1.63. The molecule has 1 heterocycles. The van der Waals surface area contributed by atoms with E-state index in [1.165, 1.54) is 19.2 Å². The van der Waals surface area contributed by atoms with E-state index in [0.717, 1.165) is 0 Å². The zero-order valence-corrected chi connectivity index (χ0v) is 11.6. The summed E-state index contributed by atoms with van der Waals surface area (Å²) in [5, 5.41) is 2.61. The first-order valence-electron chi connectivity index (χ1n) is 5.54. The van der Waals surface area contributed by atoms with Crippen molar-refractivity contribution in [2.45, 2.75) is 18.9 Å². The number of hydrogen-bond acceptors (Lipinski definition) is 4. The zero-order valence-electron chi connectivity index (χ0n) is 10.0. The standard InChI is InChI=1S/C12H11BrFNO4/c1-18-11(16)3-2-9-12(17)15-8-4-6(13)7(14)5-10(8)19-9/h4-5,9H,2-3H2,1H3,(H,15,17). The van der Waals surface area contributed by atoms with Crippen molar-refractivity contribution >= 4 is 33.5 Å². The monoisotopic (exact) mass is 331 g/mol. The summed E-state index contributed by atoms with van der Waals surface area (Å²) in [6.45, 7) is 0. The number of halogens is 2. The van der Waals surface area contributed by atoms with Gasteiger partial charge in [-0.2, -0.15) is 0 Å². The molecule has 0 fully saturated rings. The predicted octanol–water partition coefficient (Wildman–Crippen LogP) is 2.24. The van der Waals surface area contributed by atoms with Crippen LogP contribution in [-0.2, 0) is 14.3 Å². The van der Waals surface area contributed by atoms with Gasteiger partial charge in [0.25, 0.3) is 5.91 Å². The van der Waals surface area contributed by atoms with Crippen LogP contribution in [0.2, 0.25) is 0 Å². The lowest BCUT2D eigenvalue weighted by molar-refractivity contribution is -0.141. The minimum absolute atomic E-state index is 0.0585. The fraction of sp³-hybridized carbons (Fsp3) is 0.333. The number of esters is 1. The molecule has 0 aliphatic carbocycles.